The van der Waals surface area contributed by atoms with Gasteiger partial charge in [-0.15, -0.1) is 0 Å². The molecule has 0 saturated heterocycles. The lowest BCUT2D eigenvalue weighted by atomic mass is 10.2. The number of ether oxygens (including phenoxy) is 1. The minimum Gasteiger partial charge on any atom is -0.494 e. The summed E-state index contributed by atoms with van der Waals surface area (Å²) in [6, 6.07) is 9.46. The van der Waals surface area contributed by atoms with Gasteiger partial charge >= 0.3 is 6.03 Å². The molecule has 1 aromatic heterocycles. The molecule has 8 heteroatoms. The number of fused-ring (bicyclic) bond motifs is 1. The normalized spacial score (nSPS) is 10.5. The van der Waals surface area contributed by atoms with Crippen LogP contribution in [0.2, 0.25) is 0 Å². The minimum atomic E-state index is -0.612. The number of hydrogen-bond acceptors (Lipinski definition) is 5. The number of anilines is 2. The van der Waals surface area contributed by atoms with Gasteiger partial charge in [0.2, 0.25) is 0 Å². The summed E-state index contributed by atoms with van der Waals surface area (Å²) in [7, 11) is 1.41. The number of nitrogens with zero attached hydrogens (tertiary/aromatic N) is 2. The van der Waals surface area contributed by atoms with E-state index >= 15 is 0 Å². The van der Waals surface area contributed by atoms with Gasteiger partial charge in [-0.1, -0.05) is 12.1 Å². The Morgan fingerprint density at radius 2 is 2.00 bits per heavy atom. The van der Waals surface area contributed by atoms with Crippen molar-refractivity contribution in [1.82, 2.24) is 9.97 Å². The lowest BCUT2D eigenvalue weighted by Crippen LogP contribution is -2.19. The lowest BCUT2D eigenvalue weighted by molar-refractivity contribution is 0.259. The number of amides is 2. The van der Waals surface area contributed by atoms with Crippen molar-refractivity contribution in [2.24, 2.45) is 5.73 Å². The summed E-state index contributed by atoms with van der Waals surface area (Å²) < 4.78 is 18.8. The highest BCUT2D eigenvalue weighted by atomic mass is 19.1. The van der Waals surface area contributed by atoms with Gasteiger partial charge in [0, 0.05) is 23.7 Å². The van der Waals surface area contributed by atoms with E-state index in [4.69, 9.17) is 10.5 Å². The van der Waals surface area contributed by atoms with E-state index in [0.29, 0.717) is 29.0 Å². The van der Waals surface area contributed by atoms with E-state index in [1.54, 1.807) is 18.2 Å². The van der Waals surface area contributed by atoms with E-state index in [9.17, 15) is 9.18 Å². The Bertz CT molecular complexity index is 915. The molecular weight excluding hydrogens is 325 g/mol. The zero-order valence-electron chi connectivity index (χ0n) is 13.4. The molecule has 3 aromatic rings. The molecule has 2 aromatic carbocycles. The molecule has 0 atom stereocenters. The van der Waals surface area contributed by atoms with Crippen LogP contribution in [-0.2, 0) is 6.54 Å². The van der Waals surface area contributed by atoms with Crippen LogP contribution in [-0.4, -0.2) is 23.1 Å². The van der Waals surface area contributed by atoms with Crippen LogP contribution >= 0.6 is 0 Å². The zero-order valence-corrected chi connectivity index (χ0v) is 13.4. The number of nitrogens with one attached hydrogen (secondary N) is 2. The summed E-state index contributed by atoms with van der Waals surface area (Å²) in [6.45, 7) is 0.489. The summed E-state index contributed by atoms with van der Waals surface area (Å²) in [5, 5.41) is 6.35. The fourth-order valence-corrected chi connectivity index (χ4v) is 2.39. The van der Waals surface area contributed by atoms with Crippen molar-refractivity contribution in [2.45, 2.75) is 6.54 Å². The van der Waals surface area contributed by atoms with Crippen LogP contribution in [0.4, 0.5) is 20.7 Å². The largest absolute Gasteiger partial charge is 0.494 e. The number of primary amides is 1. The summed E-state index contributed by atoms with van der Waals surface area (Å²) in [5.74, 6) is 0.229. The summed E-state index contributed by atoms with van der Waals surface area (Å²) in [5.41, 5.74) is 7.14. The van der Waals surface area contributed by atoms with Crippen molar-refractivity contribution in [3.63, 3.8) is 0 Å². The number of benzene rings is 2. The quantitative estimate of drug-likeness (QED) is 0.662. The third-order valence-corrected chi connectivity index (χ3v) is 3.59. The first kappa shape index (κ1) is 16.4. The second kappa shape index (κ2) is 7.00. The number of halogens is 1. The van der Waals surface area contributed by atoms with Crippen LogP contribution in [0.25, 0.3) is 10.9 Å². The average molecular weight is 341 g/mol. The molecule has 2 amide bonds. The van der Waals surface area contributed by atoms with Gasteiger partial charge in [-0.2, -0.15) is 0 Å². The van der Waals surface area contributed by atoms with Crippen molar-refractivity contribution >= 4 is 28.4 Å². The first-order chi connectivity index (χ1) is 12.1. The summed E-state index contributed by atoms with van der Waals surface area (Å²) in [4.78, 5) is 19.1. The molecule has 0 bridgehead atoms. The van der Waals surface area contributed by atoms with Gasteiger partial charge in [0.05, 0.1) is 12.6 Å². The van der Waals surface area contributed by atoms with Gasteiger partial charge in [0.1, 0.15) is 12.1 Å². The Morgan fingerprint density at radius 3 is 2.68 bits per heavy atom. The maximum atomic E-state index is 13.8. The van der Waals surface area contributed by atoms with Crippen molar-refractivity contribution in [2.75, 3.05) is 17.7 Å². The zero-order chi connectivity index (χ0) is 17.8. The van der Waals surface area contributed by atoms with E-state index in [-0.39, 0.29) is 5.75 Å². The summed E-state index contributed by atoms with van der Waals surface area (Å²) >= 11 is 0. The third-order valence-electron chi connectivity index (χ3n) is 3.59. The highest BCUT2D eigenvalue weighted by Crippen LogP contribution is 2.27. The molecule has 1 heterocycles. The Balaban J connectivity index is 1.80. The highest BCUT2D eigenvalue weighted by Gasteiger charge is 2.10. The fraction of sp³-hybridized carbons (Fsp3) is 0.118. The van der Waals surface area contributed by atoms with Gasteiger partial charge in [-0.05, 0) is 23.8 Å². The molecule has 4 N–H and O–H groups in total. The second-order valence-corrected chi connectivity index (χ2v) is 5.27. The summed E-state index contributed by atoms with van der Waals surface area (Å²) in [6.07, 6.45) is 1.37. The van der Waals surface area contributed by atoms with Crippen LogP contribution in [0.5, 0.6) is 5.75 Å². The molecule has 0 radical (unpaired) electrons. The number of carbonyl (C=O) groups is 1. The van der Waals surface area contributed by atoms with Crippen LogP contribution < -0.4 is 21.1 Å². The molecular formula is C17H16FN5O2. The molecule has 0 aliphatic heterocycles. The number of nitrogens with two attached hydrogens (primary N) is 1. The van der Waals surface area contributed by atoms with Gasteiger partial charge in [0.15, 0.2) is 11.6 Å². The predicted octanol–water partition coefficient (Wildman–Crippen LogP) is 2.88. The van der Waals surface area contributed by atoms with Crippen LogP contribution in [0.1, 0.15) is 5.56 Å². The average Bonchev–Trinajstić information content (AvgIpc) is 2.60. The third kappa shape index (κ3) is 3.74. The number of rotatable bonds is 5. The molecule has 0 fully saturated rings. The van der Waals surface area contributed by atoms with E-state index in [1.807, 2.05) is 12.1 Å². The molecule has 0 saturated carbocycles. The molecule has 128 valence electrons. The van der Waals surface area contributed by atoms with E-state index in [1.165, 1.54) is 19.5 Å². The number of hydrogen-bond donors (Lipinski definition) is 3. The molecule has 25 heavy (non-hydrogen) atoms. The fourth-order valence-electron chi connectivity index (χ4n) is 2.39. The topological polar surface area (TPSA) is 102 Å². The van der Waals surface area contributed by atoms with Crippen LogP contribution in [0, 0.1) is 5.82 Å². The molecule has 0 aliphatic carbocycles. The first-order valence-electron chi connectivity index (χ1n) is 7.44. The van der Waals surface area contributed by atoms with Gasteiger partial charge in [-0.3, -0.25) is 0 Å². The van der Waals surface area contributed by atoms with E-state index in [2.05, 4.69) is 20.6 Å². The van der Waals surface area contributed by atoms with Crippen molar-refractivity contribution in [3.05, 3.63) is 54.1 Å². The predicted molar refractivity (Wildman–Crippen MR) is 93.0 cm³/mol. The maximum Gasteiger partial charge on any atom is 0.316 e. The van der Waals surface area contributed by atoms with E-state index < -0.39 is 11.8 Å². The SMILES string of the molecule is COc1cc2c(NCc3ccc(NC(N)=O)cc3)ncnc2cc1F. The molecule has 3 rings (SSSR count). The van der Waals surface area contributed by atoms with Crippen molar-refractivity contribution < 1.29 is 13.9 Å². The molecule has 0 spiro atoms. The number of methoxy groups -OCH3 is 1. The minimum absolute atomic E-state index is 0.132. The maximum absolute atomic E-state index is 13.8. The highest BCUT2D eigenvalue weighted by molar-refractivity contribution is 5.90. The van der Waals surface area contributed by atoms with E-state index in [0.717, 1.165) is 5.56 Å². The Morgan fingerprint density at radius 1 is 1.24 bits per heavy atom. The first-order valence-corrected chi connectivity index (χ1v) is 7.44. The monoisotopic (exact) mass is 341 g/mol. The molecule has 0 unspecified atom stereocenters. The molecule has 0 aliphatic rings. The standard InChI is InChI=1S/C17H16FN5O2/c1-25-15-6-12-14(7-13(15)18)21-9-22-16(12)20-8-10-2-4-11(5-3-10)23-17(19)24/h2-7,9H,8H2,1H3,(H3,19,23,24)(H,20,21,22). The number of aromatic nitrogens is 2. The van der Waals surface area contributed by atoms with Crippen LogP contribution in [0.3, 0.4) is 0 Å². The number of urea groups is 1. The second-order valence-electron chi connectivity index (χ2n) is 5.27. The van der Waals surface area contributed by atoms with Crippen molar-refractivity contribution in [1.29, 1.82) is 0 Å². The van der Waals surface area contributed by atoms with Crippen LogP contribution in [0.15, 0.2) is 42.7 Å². The van der Waals surface area contributed by atoms with Crippen molar-refractivity contribution in [3.8, 4) is 5.75 Å². The lowest BCUT2D eigenvalue weighted by Gasteiger charge is -2.10. The smallest absolute Gasteiger partial charge is 0.316 e. The Kier molecular flexibility index (Phi) is 4.60. The number of carbonyl (C=O) groups excluding carboxylic acids is 1. The van der Waals surface area contributed by atoms with Gasteiger partial charge in [-0.25, -0.2) is 19.2 Å². The van der Waals surface area contributed by atoms with Gasteiger partial charge in [0.25, 0.3) is 0 Å². The Hall–Kier alpha value is -3.42. The van der Waals surface area contributed by atoms with Gasteiger partial charge < -0.3 is 21.1 Å². The Labute approximate surface area is 143 Å². The molecule has 7 nitrogen and oxygen atoms in total.